The summed E-state index contributed by atoms with van der Waals surface area (Å²) < 4.78 is 5.89. The minimum Gasteiger partial charge on any atom is -0.480 e. The summed E-state index contributed by atoms with van der Waals surface area (Å²) in [5.41, 5.74) is 5.22. The van der Waals surface area contributed by atoms with Crippen molar-refractivity contribution >= 4 is 23.6 Å². The van der Waals surface area contributed by atoms with Gasteiger partial charge in [-0.3, -0.25) is 4.79 Å². The molecular formula is C27H29LiNO4S+. The molecule has 1 amide bonds. The predicted molar refractivity (Wildman–Crippen MR) is 133 cm³/mol. The molecule has 0 fully saturated rings. The minimum atomic E-state index is -1.03. The smallest absolute Gasteiger partial charge is 0.480 e. The Hall–Kier alpha value is -2.49. The van der Waals surface area contributed by atoms with Crippen molar-refractivity contribution in [3.63, 3.8) is 0 Å². The Kier molecular flexibility index (Phi) is 11.5. The summed E-state index contributed by atoms with van der Waals surface area (Å²) in [4.78, 5) is 24.8. The Balaban J connectivity index is 0.00000408. The van der Waals surface area contributed by atoms with Crippen molar-refractivity contribution in [2.75, 3.05) is 12.0 Å². The molecule has 0 aliphatic rings. The van der Waals surface area contributed by atoms with E-state index in [-0.39, 0.29) is 18.9 Å². The Morgan fingerprint density at radius 1 is 0.941 bits per heavy atom. The number of nitrogens with one attached hydrogen (secondary N) is 1. The number of rotatable bonds is 11. The maximum Gasteiger partial charge on any atom is 1.00 e. The summed E-state index contributed by atoms with van der Waals surface area (Å²) >= 11 is 1.55. The molecule has 7 heteroatoms. The molecule has 3 rings (SSSR count). The van der Waals surface area contributed by atoms with Gasteiger partial charge in [-0.15, -0.1) is 0 Å². The number of thioether (sulfide) groups is 1. The van der Waals surface area contributed by atoms with E-state index < -0.39 is 17.9 Å². The van der Waals surface area contributed by atoms with Crippen LogP contribution in [0.3, 0.4) is 0 Å². The molecule has 0 saturated carbocycles. The van der Waals surface area contributed by atoms with Crippen molar-refractivity contribution in [1.82, 2.24) is 5.32 Å². The minimum absolute atomic E-state index is 0. The summed E-state index contributed by atoms with van der Waals surface area (Å²) in [5, 5.41) is 12.2. The molecule has 1 atom stereocenters. The van der Waals surface area contributed by atoms with Crippen LogP contribution in [-0.2, 0) is 22.7 Å². The van der Waals surface area contributed by atoms with Gasteiger partial charge in [-0.2, -0.15) is 11.8 Å². The van der Waals surface area contributed by atoms with Crippen molar-refractivity contribution < 1.29 is 38.3 Å². The molecule has 0 aliphatic heterocycles. The average molecular weight is 471 g/mol. The average Bonchev–Trinajstić information content (AvgIpc) is 2.82. The first kappa shape index (κ1) is 27.7. The molecule has 34 heavy (non-hydrogen) atoms. The fraction of sp³-hybridized carbons (Fsp3) is 0.259. The number of carboxylic acid groups (broad SMARTS) is 1. The van der Waals surface area contributed by atoms with Gasteiger partial charge in [-0.05, 0) is 65.3 Å². The number of hydrogen-bond donors (Lipinski definition) is 2. The van der Waals surface area contributed by atoms with Gasteiger partial charge >= 0.3 is 24.8 Å². The molecule has 0 aromatic heterocycles. The summed E-state index contributed by atoms with van der Waals surface area (Å²) in [6, 6.07) is 22.5. The zero-order valence-corrected chi connectivity index (χ0v) is 20.7. The van der Waals surface area contributed by atoms with Crippen molar-refractivity contribution in [2.45, 2.75) is 32.6 Å². The number of hydrogen-bond acceptors (Lipinski definition) is 4. The molecule has 0 bridgehead atoms. The quantitative estimate of drug-likeness (QED) is 0.421. The summed E-state index contributed by atoms with van der Waals surface area (Å²) in [7, 11) is 0. The van der Waals surface area contributed by atoms with Gasteiger partial charge in [0.05, 0.1) is 13.2 Å². The third kappa shape index (κ3) is 7.78. The second-order valence-electron chi connectivity index (χ2n) is 7.82. The van der Waals surface area contributed by atoms with E-state index in [1.165, 1.54) is 0 Å². The Labute approximate surface area is 217 Å². The number of amides is 1. The number of aryl methyl sites for hydroxylation is 1. The van der Waals surface area contributed by atoms with Crippen LogP contribution >= 0.6 is 11.8 Å². The van der Waals surface area contributed by atoms with Crippen LogP contribution in [0.2, 0.25) is 0 Å². The van der Waals surface area contributed by atoms with Crippen LogP contribution < -0.4 is 24.2 Å². The van der Waals surface area contributed by atoms with Gasteiger partial charge in [0, 0.05) is 5.56 Å². The maximum atomic E-state index is 13.1. The first-order valence-corrected chi connectivity index (χ1v) is 12.2. The maximum absolute atomic E-state index is 13.1. The standard InChI is InChI=1S/C27H29NO4S.Li/c1-19-8-6-7-11-22(19)24-16-21(18-32-17-20-9-4-3-5-10-20)12-13-23(24)26(29)28-25(27(30)31)14-15-33-2;/h3-13,16,25H,14-15,17-18H2,1-2H3,(H,28,29)(H,30,31);/q;+1. The summed E-state index contributed by atoms with van der Waals surface area (Å²) in [6.45, 7) is 2.90. The Morgan fingerprint density at radius 2 is 1.62 bits per heavy atom. The number of carbonyl (C=O) groups is 2. The molecule has 0 aliphatic carbocycles. The summed E-state index contributed by atoms with van der Waals surface area (Å²) in [6.07, 6.45) is 2.28. The number of aliphatic carboxylic acids is 1. The van der Waals surface area contributed by atoms with Crippen LogP contribution in [0.4, 0.5) is 0 Å². The largest absolute Gasteiger partial charge is 1.00 e. The third-order valence-corrected chi connectivity index (χ3v) is 6.00. The van der Waals surface area contributed by atoms with E-state index in [1.54, 1.807) is 17.8 Å². The Bertz CT molecular complexity index is 1090. The monoisotopic (exact) mass is 470 g/mol. The topological polar surface area (TPSA) is 75.6 Å². The van der Waals surface area contributed by atoms with Crippen LogP contribution in [-0.4, -0.2) is 35.0 Å². The first-order valence-electron chi connectivity index (χ1n) is 10.8. The van der Waals surface area contributed by atoms with Crippen LogP contribution in [0.5, 0.6) is 0 Å². The van der Waals surface area contributed by atoms with E-state index in [4.69, 9.17) is 4.74 Å². The van der Waals surface area contributed by atoms with Gasteiger partial charge in [-0.1, -0.05) is 60.7 Å². The van der Waals surface area contributed by atoms with Gasteiger partial charge in [0.25, 0.3) is 5.91 Å². The van der Waals surface area contributed by atoms with Gasteiger partial charge in [0.15, 0.2) is 0 Å². The molecule has 0 spiro atoms. The fourth-order valence-electron chi connectivity index (χ4n) is 3.57. The van der Waals surface area contributed by atoms with Crippen molar-refractivity contribution in [2.24, 2.45) is 0 Å². The van der Waals surface area contributed by atoms with Gasteiger partial charge in [-0.25, -0.2) is 4.79 Å². The molecule has 5 nitrogen and oxygen atoms in total. The SMILES string of the molecule is CSCCC(NC(=O)c1ccc(COCc2ccccc2)cc1-c1ccccc1C)C(=O)O.[Li+]. The van der Waals surface area contributed by atoms with Crippen LogP contribution in [0.25, 0.3) is 11.1 Å². The number of benzene rings is 3. The zero-order valence-electron chi connectivity index (χ0n) is 19.9. The Morgan fingerprint density at radius 3 is 2.29 bits per heavy atom. The second kappa shape index (κ2) is 14.0. The molecular weight excluding hydrogens is 441 g/mol. The number of carbonyl (C=O) groups excluding carboxylic acids is 1. The van der Waals surface area contributed by atoms with Crippen LogP contribution in [0.1, 0.15) is 33.5 Å². The van der Waals surface area contributed by atoms with Crippen molar-refractivity contribution in [3.8, 4) is 11.1 Å². The fourth-order valence-corrected chi connectivity index (χ4v) is 4.04. The van der Waals surface area contributed by atoms with Crippen molar-refractivity contribution in [1.29, 1.82) is 0 Å². The molecule has 0 radical (unpaired) electrons. The second-order valence-corrected chi connectivity index (χ2v) is 8.80. The molecule has 0 saturated heterocycles. The van der Waals surface area contributed by atoms with E-state index in [0.29, 0.717) is 31.0 Å². The van der Waals surface area contributed by atoms with Gasteiger partial charge in [0.2, 0.25) is 0 Å². The number of ether oxygens (including phenoxy) is 1. The molecule has 1 unspecified atom stereocenters. The van der Waals surface area contributed by atoms with E-state index in [0.717, 1.165) is 27.8 Å². The van der Waals surface area contributed by atoms with E-state index in [9.17, 15) is 14.7 Å². The predicted octanol–water partition coefficient (Wildman–Crippen LogP) is 2.32. The molecule has 3 aromatic rings. The van der Waals surface area contributed by atoms with Gasteiger partial charge < -0.3 is 15.2 Å². The van der Waals surface area contributed by atoms with Crippen LogP contribution in [0.15, 0.2) is 72.8 Å². The molecule has 0 heterocycles. The first-order chi connectivity index (χ1) is 16.0. The third-order valence-electron chi connectivity index (χ3n) is 5.36. The van der Waals surface area contributed by atoms with Crippen molar-refractivity contribution in [3.05, 3.63) is 95.1 Å². The molecule has 2 N–H and O–H groups in total. The van der Waals surface area contributed by atoms with E-state index in [1.807, 2.05) is 79.9 Å². The summed E-state index contributed by atoms with van der Waals surface area (Å²) in [5.74, 6) is -0.765. The molecule has 3 aromatic carbocycles. The van der Waals surface area contributed by atoms with Crippen LogP contribution in [0, 0.1) is 6.92 Å². The molecule has 172 valence electrons. The van der Waals surface area contributed by atoms with E-state index in [2.05, 4.69) is 5.32 Å². The van der Waals surface area contributed by atoms with E-state index >= 15 is 0 Å². The van der Waals surface area contributed by atoms with Gasteiger partial charge in [0.1, 0.15) is 6.04 Å². The zero-order chi connectivity index (χ0) is 23.6. The normalized spacial score (nSPS) is 11.4. The number of carboxylic acids is 1.